The highest BCUT2D eigenvalue weighted by atomic mass is 32.2. The van der Waals surface area contributed by atoms with Crippen LogP contribution in [0.25, 0.3) is 0 Å². The van der Waals surface area contributed by atoms with Gasteiger partial charge in [0.2, 0.25) is 5.91 Å². The third kappa shape index (κ3) is 5.40. The molecule has 236 valence electrons. The van der Waals surface area contributed by atoms with Crippen molar-refractivity contribution in [1.82, 2.24) is 4.90 Å². The molecular weight excluding hydrogens is 625 g/mol. The van der Waals surface area contributed by atoms with Gasteiger partial charge in [-0.2, -0.15) is 26.3 Å². The molecule has 1 atom stereocenters. The average Bonchev–Trinajstić information content (AvgIpc) is 3.34. The van der Waals surface area contributed by atoms with Gasteiger partial charge in [-0.15, -0.1) is 0 Å². The van der Waals surface area contributed by atoms with E-state index < -0.39 is 68.7 Å². The van der Waals surface area contributed by atoms with Crippen molar-refractivity contribution in [1.29, 1.82) is 0 Å². The zero-order valence-corrected chi connectivity index (χ0v) is 23.5. The summed E-state index contributed by atoms with van der Waals surface area (Å²) in [5.74, 6) is -3.50. The SMILES string of the molecule is O=C1CCCN1C1CC(c2ccc(C(OCc3c(F)cccc3F)(C(F)(F)F)C(F)(F)F)cc2)(S(=O)c2ccc(F)cc2)C1. The quantitative estimate of drug-likeness (QED) is 0.239. The average molecular weight is 650 g/mol. The molecule has 3 aromatic carbocycles. The minimum atomic E-state index is -6.12. The first kappa shape index (κ1) is 32.0. The predicted molar refractivity (Wildman–Crippen MR) is 140 cm³/mol. The second-order valence-electron chi connectivity index (χ2n) is 10.7. The van der Waals surface area contributed by atoms with Crippen molar-refractivity contribution in [3.8, 4) is 0 Å². The lowest BCUT2D eigenvalue weighted by molar-refractivity contribution is -0.392. The molecule has 5 rings (SSSR count). The Hall–Kier alpha value is -3.39. The summed E-state index contributed by atoms with van der Waals surface area (Å²) in [7, 11) is -1.95. The molecule has 1 heterocycles. The van der Waals surface area contributed by atoms with E-state index >= 15 is 0 Å². The van der Waals surface area contributed by atoms with Gasteiger partial charge in [0.15, 0.2) is 0 Å². The number of rotatable bonds is 8. The van der Waals surface area contributed by atoms with Gasteiger partial charge in [0.25, 0.3) is 5.60 Å². The smallest absolute Gasteiger partial charge is 0.349 e. The zero-order chi connectivity index (χ0) is 32.1. The monoisotopic (exact) mass is 649 g/mol. The number of alkyl halides is 6. The van der Waals surface area contributed by atoms with E-state index in [2.05, 4.69) is 4.74 Å². The Bertz CT molecular complexity index is 1520. The molecule has 1 saturated carbocycles. The Morgan fingerprint density at radius 1 is 0.841 bits per heavy atom. The van der Waals surface area contributed by atoms with Crippen molar-refractivity contribution in [2.75, 3.05) is 6.54 Å². The van der Waals surface area contributed by atoms with E-state index in [0.717, 1.165) is 30.3 Å². The summed E-state index contributed by atoms with van der Waals surface area (Å²) in [6.07, 6.45) is -11.1. The first-order chi connectivity index (χ1) is 20.6. The Labute approximate surface area is 248 Å². The van der Waals surface area contributed by atoms with Crippen LogP contribution in [0.15, 0.2) is 71.6 Å². The van der Waals surface area contributed by atoms with Crippen molar-refractivity contribution in [3.05, 3.63) is 101 Å². The van der Waals surface area contributed by atoms with Crippen LogP contribution in [0, 0.1) is 17.5 Å². The van der Waals surface area contributed by atoms with Crippen LogP contribution in [-0.2, 0) is 37.3 Å². The maximum absolute atomic E-state index is 14.4. The van der Waals surface area contributed by atoms with Crippen molar-refractivity contribution in [2.45, 2.75) is 65.9 Å². The number of halogens is 9. The minimum Gasteiger partial charge on any atom is -0.349 e. The largest absolute Gasteiger partial charge is 0.430 e. The number of likely N-dealkylation sites (tertiary alicyclic amines) is 1. The molecule has 0 bridgehead atoms. The van der Waals surface area contributed by atoms with Crippen molar-refractivity contribution < 1.29 is 53.3 Å². The Kier molecular flexibility index (Phi) is 8.38. The molecule has 4 nitrogen and oxygen atoms in total. The summed E-state index contributed by atoms with van der Waals surface area (Å²) < 4.78 is 145. The lowest BCUT2D eigenvalue weighted by Gasteiger charge is -2.50. The second kappa shape index (κ2) is 11.5. The van der Waals surface area contributed by atoms with E-state index in [9.17, 15) is 48.5 Å². The Morgan fingerprint density at radius 2 is 1.41 bits per heavy atom. The first-order valence-electron chi connectivity index (χ1n) is 13.4. The molecule has 0 spiro atoms. The van der Waals surface area contributed by atoms with Gasteiger partial charge < -0.3 is 9.64 Å². The third-order valence-corrected chi connectivity index (χ3v) is 10.2. The fraction of sp³-hybridized carbons (Fsp3) is 0.367. The van der Waals surface area contributed by atoms with Crippen LogP contribution in [-0.4, -0.2) is 40.0 Å². The number of ether oxygens (including phenoxy) is 1. The topological polar surface area (TPSA) is 46.6 Å². The summed E-state index contributed by atoms with van der Waals surface area (Å²) in [4.78, 5) is 14.1. The normalized spacial score (nSPS) is 21.8. The molecule has 0 N–H and O–H groups in total. The molecule has 1 saturated heterocycles. The van der Waals surface area contributed by atoms with Gasteiger partial charge in [-0.25, -0.2) is 13.2 Å². The molecule has 1 aliphatic carbocycles. The molecule has 1 unspecified atom stereocenters. The van der Waals surface area contributed by atoms with Crippen LogP contribution in [0.3, 0.4) is 0 Å². The molecule has 0 aromatic heterocycles. The molecular formula is C30H24F9NO3S. The van der Waals surface area contributed by atoms with Gasteiger partial charge in [0.1, 0.15) is 17.5 Å². The maximum Gasteiger partial charge on any atom is 0.430 e. The lowest BCUT2D eigenvalue weighted by Crippen LogP contribution is -2.56. The number of nitrogens with zero attached hydrogens (tertiary/aromatic N) is 1. The van der Waals surface area contributed by atoms with E-state index in [1.165, 1.54) is 12.1 Å². The van der Waals surface area contributed by atoms with Crippen LogP contribution in [0.2, 0.25) is 0 Å². The van der Waals surface area contributed by atoms with Crippen molar-refractivity contribution in [3.63, 3.8) is 0 Å². The van der Waals surface area contributed by atoms with E-state index in [1.807, 2.05) is 0 Å². The fourth-order valence-corrected chi connectivity index (χ4v) is 7.72. The highest BCUT2D eigenvalue weighted by Gasteiger charge is 2.73. The summed E-state index contributed by atoms with van der Waals surface area (Å²) in [5.41, 5.74) is -7.37. The van der Waals surface area contributed by atoms with Crippen LogP contribution >= 0.6 is 0 Å². The number of hydrogen-bond donors (Lipinski definition) is 0. The Balaban J connectivity index is 1.54. The summed E-state index contributed by atoms with van der Waals surface area (Å²) in [5, 5.41) is 0. The number of benzene rings is 3. The molecule has 1 amide bonds. The van der Waals surface area contributed by atoms with Crippen LogP contribution in [0.4, 0.5) is 39.5 Å². The summed E-state index contributed by atoms with van der Waals surface area (Å²) in [6.45, 7) is -1.23. The molecule has 1 aliphatic heterocycles. The molecule has 44 heavy (non-hydrogen) atoms. The van der Waals surface area contributed by atoms with Gasteiger partial charge in [0, 0.05) is 35.0 Å². The van der Waals surface area contributed by atoms with E-state index in [4.69, 9.17) is 0 Å². The number of hydrogen-bond acceptors (Lipinski definition) is 3. The van der Waals surface area contributed by atoms with E-state index in [-0.39, 0.29) is 35.2 Å². The second-order valence-corrected chi connectivity index (χ2v) is 12.5. The third-order valence-electron chi connectivity index (χ3n) is 8.17. The predicted octanol–water partition coefficient (Wildman–Crippen LogP) is 7.43. The molecule has 3 aromatic rings. The number of carbonyl (C=O) groups is 1. The summed E-state index contributed by atoms with van der Waals surface area (Å²) >= 11 is 0. The number of carbonyl (C=O) groups excluding carboxylic acids is 1. The Morgan fingerprint density at radius 3 is 1.91 bits per heavy atom. The lowest BCUT2D eigenvalue weighted by atomic mass is 9.73. The molecule has 2 aliphatic rings. The van der Waals surface area contributed by atoms with Gasteiger partial charge in [-0.1, -0.05) is 30.3 Å². The van der Waals surface area contributed by atoms with Crippen LogP contribution < -0.4 is 0 Å². The molecule has 2 fully saturated rings. The van der Waals surface area contributed by atoms with Crippen molar-refractivity contribution in [2.24, 2.45) is 0 Å². The van der Waals surface area contributed by atoms with Gasteiger partial charge in [-0.3, -0.25) is 9.00 Å². The standard InChI is InChI=1S/C30H24F9NO3S/c31-20-10-12-22(13-11-20)44(42)27(15-21(16-27)40-14-2-5-26(40)41)18-6-8-19(9-7-18)28(29(34,35)36,30(37,38)39)43-17-23-24(32)3-1-4-25(23)33/h1,3-4,6-13,21H,2,5,14-17H2. The van der Waals surface area contributed by atoms with E-state index in [1.54, 1.807) is 4.90 Å². The first-order valence-corrected chi connectivity index (χ1v) is 14.5. The summed E-state index contributed by atoms with van der Waals surface area (Å²) in [6, 6.07) is 9.55. The van der Waals surface area contributed by atoms with E-state index in [0.29, 0.717) is 43.7 Å². The molecule has 0 radical (unpaired) electrons. The van der Waals surface area contributed by atoms with Gasteiger partial charge in [-0.05, 0) is 61.2 Å². The fourth-order valence-electron chi connectivity index (χ4n) is 5.85. The minimum absolute atomic E-state index is 0.0921. The maximum atomic E-state index is 14.4. The highest BCUT2D eigenvalue weighted by molar-refractivity contribution is 7.86. The molecule has 14 heteroatoms. The van der Waals surface area contributed by atoms with Gasteiger partial charge in [0.05, 0.1) is 22.2 Å². The van der Waals surface area contributed by atoms with Gasteiger partial charge >= 0.3 is 12.4 Å². The highest BCUT2D eigenvalue weighted by Crippen LogP contribution is 2.55. The van der Waals surface area contributed by atoms with Crippen molar-refractivity contribution >= 4 is 16.7 Å². The number of amides is 1. The van der Waals surface area contributed by atoms with Crippen LogP contribution in [0.5, 0.6) is 0 Å². The van der Waals surface area contributed by atoms with Crippen LogP contribution in [0.1, 0.15) is 42.4 Å². The zero-order valence-electron chi connectivity index (χ0n) is 22.7.